The monoisotopic (exact) mass is 352 g/mol. The number of benzene rings is 1. The van der Waals surface area contributed by atoms with E-state index in [0.29, 0.717) is 6.42 Å². The van der Waals surface area contributed by atoms with Gasteiger partial charge in [0, 0.05) is 5.41 Å². The number of hydrogen-bond donors (Lipinski definition) is 2. The Morgan fingerprint density at radius 2 is 1.96 bits per heavy atom. The van der Waals surface area contributed by atoms with Gasteiger partial charge in [-0.1, -0.05) is 19.1 Å². The topological polar surface area (TPSA) is 83.8 Å². The highest BCUT2D eigenvalue weighted by atomic mass is 32.3. The van der Waals surface area contributed by atoms with Crippen molar-refractivity contribution in [2.24, 2.45) is 5.41 Å². The van der Waals surface area contributed by atoms with Crippen LogP contribution in [-0.2, 0) is 33.8 Å². The number of aliphatic hydroxyl groups is 1. The second kappa shape index (κ2) is 5.53. The van der Waals surface area contributed by atoms with E-state index in [2.05, 4.69) is 19.1 Å². The molecule has 0 radical (unpaired) electrons. The molecule has 1 aromatic rings. The van der Waals surface area contributed by atoms with Crippen LogP contribution in [0, 0.1) is 5.41 Å². The predicted molar refractivity (Wildman–Crippen MR) is 89.3 cm³/mol. The minimum Gasteiger partial charge on any atom is -0.393 e. The predicted octanol–water partition coefficient (Wildman–Crippen LogP) is 2.55. The van der Waals surface area contributed by atoms with Crippen LogP contribution in [0.4, 0.5) is 0 Å². The van der Waals surface area contributed by atoms with Crippen LogP contribution >= 0.6 is 0 Å². The van der Waals surface area contributed by atoms with Crippen LogP contribution in [0.5, 0.6) is 0 Å². The molecule has 5 nitrogen and oxygen atoms in total. The van der Waals surface area contributed by atoms with E-state index in [-0.39, 0.29) is 17.4 Å². The molecule has 0 saturated heterocycles. The summed E-state index contributed by atoms with van der Waals surface area (Å²) in [6, 6.07) is 4.31. The van der Waals surface area contributed by atoms with E-state index in [1.165, 1.54) is 22.3 Å². The van der Waals surface area contributed by atoms with Crippen LogP contribution < -0.4 is 0 Å². The molecule has 0 bridgehead atoms. The highest BCUT2D eigenvalue weighted by molar-refractivity contribution is 7.80. The molecule has 0 amide bonds. The molecule has 1 aromatic carbocycles. The van der Waals surface area contributed by atoms with Gasteiger partial charge in [-0.05, 0) is 73.1 Å². The Hall–Kier alpha value is -0.950. The average molecular weight is 352 g/mol. The largest absolute Gasteiger partial charge is 0.397 e. The van der Waals surface area contributed by atoms with Crippen molar-refractivity contribution in [2.45, 2.75) is 70.0 Å². The van der Waals surface area contributed by atoms with Gasteiger partial charge >= 0.3 is 10.4 Å². The molecule has 1 saturated carbocycles. The van der Waals surface area contributed by atoms with Crippen molar-refractivity contribution < 1.29 is 22.3 Å². The third-order valence-electron chi connectivity index (χ3n) is 6.52. The lowest BCUT2D eigenvalue weighted by Gasteiger charge is -2.42. The molecule has 1 fully saturated rings. The highest BCUT2D eigenvalue weighted by Gasteiger charge is 2.52. The third-order valence-corrected chi connectivity index (χ3v) is 7.00. The maximum absolute atomic E-state index is 11.2. The summed E-state index contributed by atoms with van der Waals surface area (Å²) in [6.07, 6.45) is 5.09. The molecule has 4 rings (SSSR count). The fraction of sp³-hybridized carbons (Fsp3) is 0.667. The van der Waals surface area contributed by atoms with E-state index in [4.69, 9.17) is 8.74 Å². The maximum Gasteiger partial charge on any atom is 0.397 e. The smallest absolute Gasteiger partial charge is 0.393 e. The fourth-order valence-corrected chi connectivity index (χ4v) is 5.91. The van der Waals surface area contributed by atoms with Crippen LogP contribution in [-0.4, -0.2) is 30.3 Å². The molecule has 2 unspecified atom stereocenters. The molecule has 0 spiro atoms. The third kappa shape index (κ3) is 2.60. The van der Waals surface area contributed by atoms with Crippen molar-refractivity contribution in [3.8, 4) is 0 Å². The van der Waals surface area contributed by atoms with Gasteiger partial charge in [0.2, 0.25) is 0 Å². The summed E-state index contributed by atoms with van der Waals surface area (Å²) >= 11 is 0. The van der Waals surface area contributed by atoms with Crippen LogP contribution in [0.2, 0.25) is 0 Å². The van der Waals surface area contributed by atoms with Gasteiger partial charge < -0.3 is 5.11 Å². The van der Waals surface area contributed by atoms with Crippen molar-refractivity contribution in [2.75, 3.05) is 0 Å². The number of rotatable bonds is 2. The Balaban J connectivity index is 1.71. The zero-order valence-electron chi connectivity index (χ0n) is 13.9. The van der Waals surface area contributed by atoms with E-state index in [1.54, 1.807) is 0 Å². The second-order valence-corrected chi connectivity index (χ2v) is 8.86. The molecule has 24 heavy (non-hydrogen) atoms. The molecule has 4 atom stereocenters. The lowest BCUT2D eigenvalue weighted by atomic mass is 9.64. The van der Waals surface area contributed by atoms with Crippen LogP contribution in [0.3, 0.4) is 0 Å². The van der Waals surface area contributed by atoms with Crippen LogP contribution in [0.15, 0.2) is 12.1 Å². The molecule has 6 heteroatoms. The summed E-state index contributed by atoms with van der Waals surface area (Å²) in [5.41, 5.74) is 5.14. The first-order valence-electron chi connectivity index (χ1n) is 8.75. The fourth-order valence-electron chi connectivity index (χ4n) is 5.30. The Kier molecular flexibility index (Phi) is 3.80. The Labute approximate surface area is 143 Å². The molecule has 2 N–H and O–H groups in total. The molecule has 0 aromatic heterocycles. The van der Waals surface area contributed by atoms with Crippen molar-refractivity contribution in [1.82, 2.24) is 0 Å². The average Bonchev–Trinajstić information content (AvgIpc) is 2.82. The highest BCUT2D eigenvalue weighted by Crippen LogP contribution is 2.57. The first kappa shape index (κ1) is 16.5. The summed E-state index contributed by atoms with van der Waals surface area (Å²) in [4.78, 5) is 0. The number of hydrogen-bond acceptors (Lipinski definition) is 4. The van der Waals surface area contributed by atoms with E-state index >= 15 is 0 Å². The van der Waals surface area contributed by atoms with Gasteiger partial charge in [0.15, 0.2) is 0 Å². The molecular weight excluding hydrogens is 328 g/mol. The lowest BCUT2D eigenvalue weighted by molar-refractivity contribution is 0.0609. The van der Waals surface area contributed by atoms with Crippen molar-refractivity contribution >= 4 is 10.4 Å². The van der Waals surface area contributed by atoms with Crippen LogP contribution in [0.25, 0.3) is 0 Å². The number of aliphatic hydroxyl groups excluding tert-OH is 1. The van der Waals surface area contributed by atoms with E-state index in [0.717, 1.165) is 38.5 Å². The maximum atomic E-state index is 11.2. The minimum absolute atomic E-state index is 0.233. The van der Waals surface area contributed by atoms with Gasteiger partial charge in [-0.2, -0.15) is 8.42 Å². The van der Waals surface area contributed by atoms with E-state index in [9.17, 15) is 13.5 Å². The van der Waals surface area contributed by atoms with Crippen molar-refractivity contribution in [3.63, 3.8) is 0 Å². The molecular formula is C18H24O5S. The first-order valence-corrected chi connectivity index (χ1v) is 10.1. The summed E-state index contributed by atoms with van der Waals surface area (Å²) < 4.78 is 36.5. The second-order valence-electron chi connectivity index (χ2n) is 7.82. The van der Waals surface area contributed by atoms with Gasteiger partial charge in [0.1, 0.15) is 0 Å². The Bertz CT molecular complexity index is 772. The van der Waals surface area contributed by atoms with Crippen LogP contribution in [0.1, 0.15) is 60.8 Å². The zero-order chi connectivity index (χ0) is 17.1. The van der Waals surface area contributed by atoms with Crippen molar-refractivity contribution in [1.29, 1.82) is 0 Å². The molecule has 132 valence electrons. The Morgan fingerprint density at radius 3 is 2.71 bits per heavy atom. The van der Waals surface area contributed by atoms with Gasteiger partial charge in [0.05, 0.1) is 12.2 Å². The molecule has 3 aliphatic rings. The van der Waals surface area contributed by atoms with E-state index in [1.807, 2.05) is 0 Å². The summed E-state index contributed by atoms with van der Waals surface area (Å²) in [6.45, 7) is 2.09. The lowest BCUT2D eigenvalue weighted by Crippen LogP contribution is -2.38. The van der Waals surface area contributed by atoms with Gasteiger partial charge in [-0.3, -0.25) is 4.55 Å². The van der Waals surface area contributed by atoms with Gasteiger partial charge in [-0.15, -0.1) is 0 Å². The molecule has 3 aliphatic carbocycles. The molecule has 0 aliphatic heterocycles. The minimum atomic E-state index is -4.42. The van der Waals surface area contributed by atoms with Crippen molar-refractivity contribution in [3.05, 3.63) is 34.4 Å². The normalized spacial score (nSPS) is 35.2. The first-order chi connectivity index (χ1) is 11.3. The summed E-state index contributed by atoms with van der Waals surface area (Å²) in [7, 11) is -4.42. The van der Waals surface area contributed by atoms with E-state index < -0.39 is 16.5 Å². The Morgan fingerprint density at radius 1 is 1.17 bits per heavy atom. The standard InChI is InChI=1S/C18H24O5S/c1-18-9-8-14-13-5-3-12(19)10-11(13)2-4-15(14)16(18)6-7-17(18)23-24(20,21)22/h2,4,12,16-17,19H,3,5-10H2,1H3,(H,20,21,22)/t12?,16-,17?,18-/m0/s1. The summed E-state index contributed by atoms with van der Waals surface area (Å²) in [5, 5.41) is 9.90. The van der Waals surface area contributed by atoms with Gasteiger partial charge in [-0.25, -0.2) is 4.18 Å². The SMILES string of the molecule is C[C@]12CCc3c(ccc4c3CCC(O)C4)[C@@H]1CCC2OS(=O)(=O)O. The molecule has 0 heterocycles. The zero-order valence-corrected chi connectivity index (χ0v) is 14.7. The quantitative estimate of drug-likeness (QED) is 0.799. The number of fused-ring (bicyclic) bond motifs is 5. The summed E-state index contributed by atoms with van der Waals surface area (Å²) in [5.74, 6) is 0.269. The van der Waals surface area contributed by atoms with Gasteiger partial charge in [0.25, 0.3) is 0 Å².